The Hall–Kier alpha value is -1.82. The van der Waals surface area contributed by atoms with Crippen LogP contribution in [0.1, 0.15) is 63.5 Å². The summed E-state index contributed by atoms with van der Waals surface area (Å²) in [6.07, 6.45) is -4.54. The number of carbonyl (C=O) groups excluding carboxylic acids is 1. The molecule has 242 valence electrons. The number of nitrogens with zero attached hydrogens (tertiary/aromatic N) is 2. The van der Waals surface area contributed by atoms with Gasteiger partial charge in [0.1, 0.15) is 24.5 Å². The van der Waals surface area contributed by atoms with E-state index in [4.69, 9.17) is 14.2 Å². The SMILES string of the molecule is COCC(C)(COC)CN(CCF)CCCN(C)CC[C@@]1(OC(=O)CC(F)(F)F)CCc2cc(F)ccc2[C@@H]1C(C)C. The van der Waals surface area contributed by atoms with E-state index in [9.17, 15) is 26.7 Å². The Morgan fingerprint density at radius 2 is 1.76 bits per heavy atom. The van der Waals surface area contributed by atoms with Crippen LogP contribution < -0.4 is 0 Å². The van der Waals surface area contributed by atoms with Crippen molar-refractivity contribution in [2.75, 3.05) is 73.9 Å². The minimum Gasteiger partial charge on any atom is -0.458 e. The first-order chi connectivity index (χ1) is 19.7. The Bertz CT molecular complexity index is 971. The minimum atomic E-state index is -4.67. The van der Waals surface area contributed by atoms with E-state index in [0.717, 1.165) is 17.5 Å². The molecule has 0 aliphatic heterocycles. The van der Waals surface area contributed by atoms with Gasteiger partial charge in [0.25, 0.3) is 0 Å². The molecule has 2 atom stereocenters. The third-order valence-corrected chi connectivity index (χ3v) is 8.08. The van der Waals surface area contributed by atoms with E-state index in [-0.39, 0.29) is 23.1 Å². The second kappa shape index (κ2) is 16.3. The first-order valence-electron chi connectivity index (χ1n) is 14.7. The molecule has 0 aromatic heterocycles. The van der Waals surface area contributed by atoms with Crippen LogP contribution in [-0.2, 0) is 25.4 Å². The quantitative estimate of drug-likeness (QED) is 0.150. The van der Waals surface area contributed by atoms with Gasteiger partial charge in [-0.25, -0.2) is 8.78 Å². The van der Waals surface area contributed by atoms with Crippen LogP contribution in [0.2, 0.25) is 0 Å². The normalized spacial score (nSPS) is 19.5. The summed E-state index contributed by atoms with van der Waals surface area (Å²) in [5.74, 6) is -2.12. The van der Waals surface area contributed by atoms with Crippen LogP contribution in [0.15, 0.2) is 18.2 Å². The number of alkyl halides is 4. The van der Waals surface area contributed by atoms with Crippen LogP contribution in [0.25, 0.3) is 0 Å². The van der Waals surface area contributed by atoms with Crippen LogP contribution in [0.3, 0.4) is 0 Å². The summed E-state index contributed by atoms with van der Waals surface area (Å²) in [7, 11) is 5.17. The molecule has 1 aromatic carbocycles. The average Bonchev–Trinajstić information content (AvgIpc) is 2.86. The van der Waals surface area contributed by atoms with Crippen LogP contribution in [0, 0.1) is 17.2 Å². The fraction of sp³-hybridized carbons (Fsp3) is 0.774. The number of benzene rings is 1. The van der Waals surface area contributed by atoms with Crippen molar-refractivity contribution in [1.82, 2.24) is 9.80 Å². The molecule has 0 saturated carbocycles. The van der Waals surface area contributed by atoms with Gasteiger partial charge in [-0.1, -0.05) is 26.8 Å². The zero-order chi connectivity index (χ0) is 31.6. The molecule has 2 rings (SSSR count). The first kappa shape index (κ1) is 36.4. The highest BCUT2D eigenvalue weighted by atomic mass is 19.4. The third-order valence-electron chi connectivity index (χ3n) is 8.08. The zero-order valence-corrected chi connectivity index (χ0v) is 26.0. The molecule has 0 fully saturated rings. The topological polar surface area (TPSA) is 51.2 Å². The molecule has 0 N–H and O–H groups in total. The lowest BCUT2D eigenvalue weighted by atomic mass is 9.65. The molecule has 0 heterocycles. The second-order valence-corrected chi connectivity index (χ2v) is 12.4. The molecule has 0 unspecified atom stereocenters. The molecule has 1 aliphatic carbocycles. The van der Waals surface area contributed by atoms with E-state index in [1.807, 2.05) is 27.8 Å². The smallest absolute Gasteiger partial charge is 0.399 e. The highest BCUT2D eigenvalue weighted by molar-refractivity contribution is 5.71. The monoisotopic (exact) mass is 608 g/mol. The van der Waals surface area contributed by atoms with Crippen molar-refractivity contribution in [1.29, 1.82) is 0 Å². The molecular weight excluding hydrogens is 559 g/mol. The van der Waals surface area contributed by atoms with Gasteiger partial charge in [0.15, 0.2) is 0 Å². The fourth-order valence-corrected chi connectivity index (χ4v) is 6.53. The molecular formula is C31H49F5N2O4. The van der Waals surface area contributed by atoms with Crippen LogP contribution in [-0.4, -0.2) is 101 Å². The molecule has 0 radical (unpaired) electrons. The van der Waals surface area contributed by atoms with Crippen molar-refractivity contribution in [3.8, 4) is 0 Å². The second-order valence-electron chi connectivity index (χ2n) is 12.4. The van der Waals surface area contributed by atoms with E-state index in [2.05, 4.69) is 9.80 Å². The van der Waals surface area contributed by atoms with Crippen molar-refractivity contribution < 1.29 is 41.0 Å². The predicted octanol–water partition coefficient (Wildman–Crippen LogP) is 6.03. The number of halogens is 5. The van der Waals surface area contributed by atoms with Gasteiger partial charge >= 0.3 is 12.1 Å². The Morgan fingerprint density at radius 1 is 1.10 bits per heavy atom. The van der Waals surface area contributed by atoms with Gasteiger partial charge in [0.05, 0.1) is 13.2 Å². The number of methoxy groups -OCH3 is 2. The standard InChI is InChI=1S/C31H49F5N2O4/c1-23(2)28-26-9-8-25(33)18-24(26)10-11-30(28,42-27(39)19-31(34,35)36)12-16-37(4)14-7-15-38(17-13-32)20-29(3,21-40-5)22-41-6/h8-9,18,23,28H,7,10-17,19-22H2,1-6H3/t28-,30-/m0/s1. The van der Waals surface area contributed by atoms with E-state index in [1.165, 1.54) is 12.1 Å². The number of hydrogen-bond acceptors (Lipinski definition) is 6. The highest BCUT2D eigenvalue weighted by Gasteiger charge is 2.49. The summed E-state index contributed by atoms with van der Waals surface area (Å²) < 4.78 is 83.1. The first-order valence-corrected chi connectivity index (χ1v) is 14.7. The van der Waals surface area contributed by atoms with Crippen molar-refractivity contribution in [2.24, 2.45) is 11.3 Å². The molecule has 42 heavy (non-hydrogen) atoms. The Kier molecular flexibility index (Phi) is 14.1. The van der Waals surface area contributed by atoms with Crippen molar-refractivity contribution >= 4 is 5.97 Å². The fourth-order valence-electron chi connectivity index (χ4n) is 6.53. The van der Waals surface area contributed by atoms with Gasteiger partial charge in [0.2, 0.25) is 0 Å². The lowest BCUT2D eigenvalue weighted by Gasteiger charge is -2.47. The lowest BCUT2D eigenvalue weighted by Crippen LogP contribution is -2.49. The number of hydrogen-bond donors (Lipinski definition) is 0. The van der Waals surface area contributed by atoms with Gasteiger partial charge in [0, 0.05) is 51.6 Å². The third kappa shape index (κ3) is 11.0. The molecule has 11 heteroatoms. The summed E-state index contributed by atoms with van der Waals surface area (Å²) in [4.78, 5) is 16.7. The number of ether oxygens (including phenoxy) is 3. The Morgan fingerprint density at radius 3 is 2.33 bits per heavy atom. The van der Waals surface area contributed by atoms with Gasteiger partial charge in [-0.15, -0.1) is 0 Å². The average molecular weight is 609 g/mol. The zero-order valence-electron chi connectivity index (χ0n) is 26.0. The van der Waals surface area contributed by atoms with Gasteiger partial charge in [-0.2, -0.15) is 13.2 Å². The highest BCUT2D eigenvalue weighted by Crippen LogP contribution is 2.48. The summed E-state index contributed by atoms with van der Waals surface area (Å²) >= 11 is 0. The van der Waals surface area contributed by atoms with E-state index >= 15 is 0 Å². The maximum atomic E-state index is 14.0. The minimum absolute atomic E-state index is 0.0683. The van der Waals surface area contributed by atoms with Crippen LogP contribution >= 0.6 is 0 Å². The van der Waals surface area contributed by atoms with Crippen molar-refractivity contribution in [2.45, 2.75) is 70.6 Å². The number of rotatable bonds is 18. The molecule has 6 nitrogen and oxygen atoms in total. The maximum Gasteiger partial charge on any atom is 0.399 e. The number of carbonyl (C=O) groups is 1. The van der Waals surface area contributed by atoms with E-state index in [0.29, 0.717) is 65.2 Å². The molecule has 0 saturated heterocycles. The molecule has 1 aliphatic rings. The molecule has 0 bridgehead atoms. The predicted molar refractivity (Wildman–Crippen MR) is 153 cm³/mol. The van der Waals surface area contributed by atoms with Crippen LogP contribution in [0.5, 0.6) is 0 Å². The van der Waals surface area contributed by atoms with Gasteiger partial charge in [-0.05, 0) is 68.6 Å². The van der Waals surface area contributed by atoms with Crippen molar-refractivity contribution in [3.05, 3.63) is 35.1 Å². The molecule has 0 spiro atoms. The number of fused-ring (bicyclic) bond motifs is 1. The Balaban J connectivity index is 2.15. The number of aryl methyl sites for hydroxylation is 1. The summed E-state index contributed by atoms with van der Waals surface area (Å²) in [6.45, 7) is 9.10. The molecule has 1 aromatic rings. The van der Waals surface area contributed by atoms with Gasteiger partial charge < -0.3 is 19.1 Å². The molecule has 0 amide bonds. The Labute approximate surface area is 247 Å². The van der Waals surface area contributed by atoms with Crippen LogP contribution in [0.4, 0.5) is 22.0 Å². The lowest BCUT2D eigenvalue weighted by molar-refractivity contribution is -0.189. The summed E-state index contributed by atoms with van der Waals surface area (Å²) in [6, 6.07) is 4.48. The maximum absolute atomic E-state index is 14.0. The van der Waals surface area contributed by atoms with Crippen molar-refractivity contribution in [3.63, 3.8) is 0 Å². The van der Waals surface area contributed by atoms with E-state index < -0.39 is 30.8 Å². The van der Waals surface area contributed by atoms with E-state index in [1.54, 1.807) is 20.3 Å². The summed E-state index contributed by atoms with van der Waals surface area (Å²) in [5.41, 5.74) is 0.171. The summed E-state index contributed by atoms with van der Waals surface area (Å²) in [5, 5.41) is 0. The number of esters is 1. The van der Waals surface area contributed by atoms with Gasteiger partial charge in [-0.3, -0.25) is 9.69 Å². The largest absolute Gasteiger partial charge is 0.458 e.